The number of fused-ring (bicyclic) bond motifs is 1. The lowest BCUT2D eigenvalue weighted by molar-refractivity contribution is -0.116. The van der Waals surface area contributed by atoms with Gasteiger partial charge in [0.25, 0.3) is 5.91 Å². The average molecular weight is 377 g/mol. The normalized spacial score (nSPS) is 12.6. The number of nitrogens with one attached hydrogen (secondary N) is 1. The van der Waals surface area contributed by atoms with E-state index < -0.39 is 0 Å². The van der Waals surface area contributed by atoms with Gasteiger partial charge in [-0.15, -0.1) is 0 Å². The van der Waals surface area contributed by atoms with Gasteiger partial charge in [-0.3, -0.25) is 9.59 Å². The maximum atomic E-state index is 12.5. The summed E-state index contributed by atoms with van der Waals surface area (Å²) in [6.07, 6.45) is 3.22. The predicted molar refractivity (Wildman–Crippen MR) is 101 cm³/mol. The number of hydrogen-bond donors (Lipinski definition) is 1. The van der Waals surface area contributed by atoms with E-state index in [1.165, 1.54) is 16.0 Å². The number of carbonyl (C=O) groups excluding carboxylic acids is 2. The third-order valence-electron chi connectivity index (χ3n) is 4.28. The summed E-state index contributed by atoms with van der Waals surface area (Å²) < 4.78 is 0. The van der Waals surface area contributed by atoms with Crippen molar-refractivity contribution in [3.8, 4) is 0 Å². The minimum absolute atomic E-state index is 0.0455. The van der Waals surface area contributed by atoms with Crippen LogP contribution in [0.5, 0.6) is 0 Å². The fourth-order valence-electron chi connectivity index (χ4n) is 2.99. The molecule has 3 rings (SSSR count). The van der Waals surface area contributed by atoms with Gasteiger partial charge < -0.3 is 10.2 Å². The summed E-state index contributed by atoms with van der Waals surface area (Å²) in [5, 5.41) is 3.50. The summed E-state index contributed by atoms with van der Waals surface area (Å²) >= 11 is 11.8. The van der Waals surface area contributed by atoms with Gasteiger partial charge in [0.2, 0.25) is 5.91 Å². The second-order valence-corrected chi connectivity index (χ2v) is 6.99. The van der Waals surface area contributed by atoms with Crippen LogP contribution in [0.25, 0.3) is 0 Å². The van der Waals surface area contributed by atoms with Crippen LogP contribution in [0.1, 0.15) is 27.9 Å². The topological polar surface area (TPSA) is 49.4 Å². The highest BCUT2D eigenvalue weighted by molar-refractivity contribution is 6.42. The summed E-state index contributed by atoms with van der Waals surface area (Å²) in [7, 11) is 1.62. The van der Waals surface area contributed by atoms with E-state index in [0.717, 1.165) is 19.3 Å². The molecule has 6 heteroatoms. The van der Waals surface area contributed by atoms with Gasteiger partial charge in [-0.2, -0.15) is 0 Å². The molecular weight excluding hydrogens is 359 g/mol. The summed E-state index contributed by atoms with van der Waals surface area (Å²) in [6, 6.07) is 10.6. The Kier molecular flexibility index (Phi) is 5.30. The number of likely N-dealkylation sites (N-methyl/N-ethyl adjacent to an activating group) is 1. The summed E-state index contributed by atoms with van der Waals surface area (Å²) in [5.74, 6) is -0.464. The number of anilines is 1. The highest BCUT2D eigenvalue weighted by Crippen LogP contribution is 2.25. The molecule has 1 aliphatic rings. The zero-order chi connectivity index (χ0) is 18.0. The van der Waals surface area contributed by atoms with Gasteiger partial charge in [-0.25, -0.2) is 0 Å². The van der Waals surface area contributed by atoms with E-state index in [9.17, 15) is 9.59 Å². The van der Waals surface area contributed by atoms with E-state index >= 15 is 0 Å². The Morgan fingerprint density at radius 2 is 1.80 bits per heavy atom. The molecule has 0 heterocycles. The first kappa shape index (κ1) is 17.8. The molecule has 1 aliphatic carbocycles. The smallest absolute Gasteiger partial charge is 0.254 e. The zero-order valence-electron chi connectivity index (χ0n) is 13.8. The largest absolute Gasteiger partial charge is 0.332 e. The van der Waals surface area contributed by atoms with E-state index in [0.29, 0.717) is 21.3 Å². The maximum Gasteiger partial charge on any atom is 0.254 e. The van der Waals surface area contributed by atoms with Gasteiger partial charge in [-0.1, -0.05) is 29.3 Å². The van der Waals surface area contributed by atoms with Gasteiger partial charge in [0.15, 0.2) is 0 Å². The Hall–Kier alpha value is -2.04. The second kappa shape index (κ2) is 7.46. The number of halogens is 2. The molecule has 0 saturated heterocycles. The van der Waals surface area contributed by atoms with E-state index in [-0.39, 0.29) is 18.4 Å². The van der Waals surface area contributed by atoms with Crippen LogP contribution < -0.4 is 5.32 Å². The quantitative estimate of drug-likeness (QED) is 0.869. The number of rotatable bonds is 4. The first-order valence-corrected chi connectivity index (χ1v) is 8.82. The molecule has 2 aromatic rings. The third-order valence-corrected chi connectivity index (χ3v) is 5.02. The molecular formula is C19H18Cl2N2O2. The molecule has 4 nitrogen and oxygen atoms in total. The molecule has 0 spiro atoms. The van der Waals surface area contributed by atoms with Crippen molar-refractivity contribution in [2.45, 2.75) is 19.3 Å². The van der Waals surface area contributed by atoms with E-state index in [2.05, 4.69) is 5.32 Å². The molecule has 25 heavy (non-hydrogen) atoms. The maximum absolute atomic E-state index is 12.5. The van der Waals surface area contributed by atoms with E-state index in [1.54, 1.807) is 25.2 Å². The highest BCUT2D eigenvalue weighted by atomic mass is 35.5. The van der Waals surface area contributed by atoms with Crippen molar-refractivity contribution >= 4 is 40.7 Å². The molecule has 0 atom stereocenters. The minimum Gasteiger partial charge on any atom is -0.332 e. The van der Waals surface area contributed by atoms with Crippen LogP contribution in [0.2, 0.25) is 10.0 Å². The summed E-state index contributed by atoms with van der Waals surface area (Å²) in [4.78, 5) is 26.1. The van der Waals surface area contributed by atoms with Crippen molar-refractivity contribution in [2.75, 3.05) is 18.9 Å². The van der Waals surface area contributed by atoms with Crippen molar-refractivity contribution in [1.82, 2.24) is 4.90 Å². The molecule has 0 aliphatic heterocycles. The Morgan fingerprint density at radius 3 is 2.56 bits per heavy atom. The van der Waals surface area contributed by atoms with Gasteiger partial charge in [0.1, 0.15) is 0 Å². The Balaban J connectivity index is 1.62. The van der Waals surface area contributed by atoms with Gasteiger partial charge in [0, 0.05) is 18.3 Å². The first-order valence-electron chi connectivity index (χ1n) is 8.06. The van der Waals surface area contributed by atoms with Crippen molar-refractivity contribution in [2.24, 2.45) is 0 Å². The van der Waals surface area contributed by atoms with E-state index in [1.807, 2.05) is 18.2 Å². The van der Waals surface area contributed by atoms with Crippen LogP contribution in [-0.4, -0.2) is 30.3 Å². The second-order valence-electron chi connectivity index (χ2n) is 6.18. The molecule has 0 fully saturated rings. The number of benzene rings is 2. The van der Waals surface area contributed by atoms with Gasteiger partial charge in [-0.05, 0) is 60.7 Å². The molecule has 2 amide bonds. The Bertz CT molecular complexity index is 836. The Morgan fingerprint density at radius 1 is 1.04 bits per heavy atom. The van der Waals surface area contributed by atoms with Crippen molar-refractivity contribution in [1.29, 1.82) is 0 Å². The molecule has 0 aromatic heterocycles. The zero-order valence-corrected chi connectivity index (χ0v) is 15.3. The lowest BCUT2D eigenvalue weighted by atomic mass is 10.1. The monoisotopic (exact) mass is 376 g/mol. The molecule has 2 aromatic carbocycles. The number of carbonyl (C=O) groups is 2. The SMILES string of the molecule is CN(CC(=O)Nc1ccc(Cl)c(Cl)c1)C(=O)c1ccc2c(c1)CCC2. The third kappa shape index (κ3) is 4.14. The standard InChI is InChI=1S/C19H18Cl2N2O2/c1-23(11-18(24)22-15-7-8-16(20)17(21)10-15)19(25)14-6-5-12-3-2-4-13(12)9-14/h5-10H,2-4,11H2,1H3,(H,22,24). The molecule has 0 radical (unpaired) electrons. The van der Waals surface area contributed by atoms with Crippen molar-refractivity contribution < 1.29 is 9.59 Å². The molecule has 0 saturated carbocycles. The minimum atomic E-state index is -0.296. The highest BCUT2D eigenvalue weighted by Gasteiger charge is 2.18. The van der Waals surface area contributed by atoms with Gasteiger partial charge in [0.05, 0.1) is 16.6 Å². The summed E-state index contributed by atoms with van der Waals surface area (Å²) in [5.41, 5.74) is 3.71. The lowest BCUT2D eigenvalue weighted by Crippen LogP contribution is -2.35. The van der Waals surface area contributed by atoms with Crippen LogP contribution in [0.15, 0.2) is 36.4 Å². The molecule has 0 unspecified atom stereocenters. The van der Waals surface area contributed by atoms with E-state index in [4.69, 9.17) is 23.2 Å². The lowest BCUT2D eigenvalue weighted by Gasteiger charge is -2.17. The van der Waals surface area contributed by atoms with Crippen LogP contribution in [0, 0.1) is 0 Å². The van der Waals surface area contributed by atoms with Crippen LogP contribution >= 0.6 is 23.2 Å². The van der Waals surface area contributed by atoms with Crippen molar-refractivity contribution in [3.05, 3.63) is 63.1 Å². The Labute approximate surface area is 156 Å². The number of nitrogens with zero attached hydrogens (tertiary/aromatic N) is 1. The average Bonchev–Trinajstić information content (AvgIpc) is 3.05. The molecule has 0 bridgehead atoms. The van der Waals surface area contributed by atoms with Crippen LogP contribution in [0.4, 0.5) is 5.69 Å². The van der Waals surface area contributed by atoms with Crippen LogP contribution in [-0.2, 0) is 17.6 Å². The summed E-state index contributed by atoms with van der Waals surface area (Å²) in [6.45, 7) is -0.0455. The van der Waals surface area contributed by atoms with Crippen molar-refractivity contribution in [3.63, 3.8) is 0 Å². The number of aryl methyl sites for hydroxylation is 2. The fourth-order valence-corrected chi connectivity index (χ4v) is 3.28. The molecule has 130 valence electrons. The van der Waals surface area contributed by atoms with Crippen LogP contribution in [0.3, 0.4) is 0 Å². The fraction of sp³-hybridized carbons (Fsp3) is 0.263. The van der Waals surface area contributed by atoms with Gasteiger partial charge >= 0.3 is 0 Å². The first-order chi connectivity index (χ1) is 11.9. The number of amides is 2. The predicted octanol–water partition coefficient (Wildman–Crippen LogP) is 4.19. The molecule has 1 N–H and O–H groups in total. The number of hydrogen-bond acceptors (Lipinski definition) is 2.